The quantitative estimate of drug-likeness (QED) is 0.715. The van der Waals surface area contributed by atoms with Gasteiger partial charge in [0.2, 0.25) is 0 Å². The Morgan fingerprint density at radius 1 is 1.33 bits per heavy atom. The lowest BCUT2D eigenvalue weighted by atomic mass is 9.92. The lowest BCUT2D eigenvalue weighted by Crippen LogP contribution is -2.14. The highest BCUT2D eigenvalue weighted by molar-refractivity contribution is 5.58. The highest BCUT2D eigenvalue weighted by Gasteiger charge is 2.22. The summed E-state index contributed by atoms with van der Waals surface area (Å²) in [6.07, 6.45) is 1.96. The van der Waals surface area contributed by atoms with E-state index in [1.165, 1.54) is 0 Å². The summed E-state index contributed by atoms with van der Waals surface area (Å²) in [6, 6.07) is 4.04. The van der Waals surface area contributed by atoms with Crippen molar-refractivity contribution in [3.05, 3.63) is 29.6 Å². The van der Waals surface area contributed by atoms with Crippen molar-refractivity contribution in [3.8, 4) is 0 Å². The number of anilines is 1. The molecule has 0 aliphatic carbocycles. The van der Waals surface area contributed by atoms with Crippen molar-refractivity contribution < 1.29 is 0 Å². The predicted octanol–water partition coefficient (Wildman–Crippen LogP) is 2.52. The van der Waals surface area contributed by atoms with Crippen molar-refractivity contribution in [1.82, 2.24) is 9.38 Å². The first-order chi connectivity index (χ1) is 6.91. The molecule has 0 aliphatic heterocycles. The van der Waals surface area contributed by atoms with E-state index in [1.807, 2.05) is 29.7 Å². The Morgan fingerprint density at radius 3 is 2.53 bits per heavy atom. The van der Waals surface area contributed by atoms with Crippen molar-refractivity contribution in [2.45, 2.75) is 33.1 Å². The van der Waals surface area contributed by atoms with Gasteiger partial charge in [0.05, 0.1) is 5.69 Å². The van der Waals surface area contributed by atoms with E-state index >= 15 is 0 Å². The molecular formula is C12H17N3. The molecule has 0 aliphatic rings. The number of imidazole rings is 1. The standard InChI is InChI=1S/C12H17N3/c1-8-6-5-7-15-10(13)9(12(2,3)4)14-11(8)15/h5-7H,13H2,1-4H3. The zero-order valence-electron chi connectivity index (χ0n) is 9.70. The molecule has 2 aromatic heterocycles. The van der Waals surface area contributed by atoms with E-state index in [-0.39, 0.29) is 5.41 Å². The van der Waals surface area contributed by atoms with Crippen LogP contribution in [0, 0.1) is 6.92 Å². The Balaban J connectivity index is 2.81. The summed E-state index contributed by atoms with van der Waals surface area (Å²) >= 11 is 0. The van der Waals surface area contributed by atoms with Crippen LogP contribution in [0.4, 0.5) is 5.82 Å². The second kappa shape index (κ2) is 2.99. The summed E-state index contributed by atoms with van der Waals surface area (Å²) in [6.45, 7) is 8.43. The molecule has 0 saturated carbocycles. The summed E-state index contributed by atoms with van der Waals surface area (Å²) in [7, 11) is 0. The Morgan fingerprint density at radius 2 is 2.00 bits per heavy atom. The summed E-state index contributed by atoms with van der Waals surface area (Å²) in [4.78, 5) is 4.62. The molecule has 2 rings (SSSR count). The normalized spacial score (nSPS) is 12.3. The molecule has 3 nitrogen and oxygen atoms in total. The van der Waals surface area contributed by atoms with Gasteiger partial charge in [0.15, 0.2) is 0 Å². The zero-order chi connectivity index (χ0) is 11.2. The van der Waals surface area contributed by atoms with Gasteiger partial charge in [0.25, 0.3) is 0 Å². The fourth-order valence-electron chi connectivity index (χ4n) is 1.77. The van der Waals surface area contributed by atoms with Crippen molar-refractivity contribution in [2.75, 3.05) is 5.73 Å². The van der Waals surface area contributed by atoms with Gasteiger partial charge in [0.1, 0.15) is 11.5 Å². The fourth-order valence-corrected chi connectivity index (χ4v) is 1.77. The highest BCUT2D eigenvalue weighted by Crippen LogP contribution is 2.28. The van der Waals surface area contributed by atoms with Gasteiger partial charge in [-0.05, 0) is 18.6 Å². The topological polar surface area (TPSA) is 43.3 Å². The third-order valence-electron chi connectivity index (χ3n) is 2.59. The summed E-state index contributed by atoms with van der Waals surface area (Å²) in [5.74, 6) is 0.751. The number of pyridine rings is 1. The lowest BCUT2D eigenvalue weighted by Gasteiger charge is -2.15. The van der Waals surface area contributed by atoms with Crippen LogP contribution < -0.4 is 5.73 Å². The molecule has 0 radical (unpaired) electrons. The average Bonchev–Trinajstić information content (AvgIpc) is 2.45. The SMILES string of the molecule is Cc1cccn2c(N)c(C(C)(C)C)nc12. The van der Waals surface area contributed by atoms with E-state index in [9.17, 15) is 0 Å². The number of nitrogens with two attached hydrogens (primary N) is 1. The predicted molar refractivity (Wildman–Crippen MR) is 63.0 cm³/mol. The lowest BCUT2D eigenvalue weighted by molar-refractivity contribution is 0.575. The molecule has 0 bridgehead atoms. The number of hydrogen-bond donors (Lipinski definition) is 1. The van der Waals surface area contributed by atoms with Crippen molar-refractivity contribution >= 4 is 11.5 Å². The van der Waals surface area contributed by atoms with Gasteiger partial charge >= 0.3 is 0 Å². The second-order valence-electron chi connectivity index (χ2n) is 4.98. The van der Waals surface area contributed by atoms with Crippen molar-refractivity contribution in [1.29, 1.82) is 0 Å². The molecule has 0 amide bonds. The third kappa shape index (κ3) is 1.48. The number of fused-ring (bicyclic) bond motifs is 1. The van der Waals surface area contributed by atoms with Gasteiger partial charge in [-0.15, -0.1) is 0 Å². The van der Waals surface area contributed by atoms with Crippen LogP contribution in [-0.4, -0.2) is 9.38 Å². The summed E-state index contributed by atoms with van der Waals surface area (Å²) in [5.41, 5.74) is 9.16. The number of nitrogens with zero attached hydrogens (tertiary/aromatic N) is 2. The van der Waals surface area contributed by atoms with Crippen LogP contribution in [0.1, 0.15) is 32.0 Å². The molecule has 2 N–H and O–H groups in total. The monoisotopic (exact) mass is 203 g/mol. The van der Waals surface area contributed by atoms with Gasteiger partial charge in [-0.2, -0.15) is 0 Å². The van der Waals surface area contributed by atoms with Crippen LogP contribution in [0.5, 0.6) is 0 Å². The highest BCUT2D eigenvalue weighted by atomic mass is 15.1. The van der Waals surface area contributed by atoms with E-state index in [2.05, 4.69) is 25.8 Å². The first-order valence-electron chi connectivity index (χ1n) is 5.15. The van der Waals surface area contributed by atoms with Crippen molar-refractivity contribution in [3.63, 3.8) is 0 Å². The molecule has 3 heteroatoms. The third-order valence-corrected chi connectivity index (χ3v) is 2.59. The van der Waals surface area contributed by atoms with E-state index in [1.54, 1.807) is 0 Å². The van der Waals surface area contributed by atoms with E-state index in [4.69, 9.17) is 5.73 Å². The minimum Gasteiger partial charge on any atom is -0.383 e. The van der Waals surface area contributed by atoms with Gasteiger partial charge in [0, 0.05) is 11.6 Å². The van der Waals surface area contributed by atoms with Crippen LogP contribution in [0.15, 0.2) is 18.3 Å². The number of nitrogen functional groups attached to an aromatic ring is 1. The second-order valence-corrected chi connectivity index (χ2v) is 4.98. The number of hydrogen-bond acceptors (Lipinski definition) is 2. The van der Waals surface area contributed by atoms with Gasteiger partial charge in [-0.25, -0.2) is 4.98 Å². The van der Waals surface area contributed by atoms with Gasteiger partial charge in [-0.1, -0.05) is 26.8 Å². The molecule has 0 fully saturated rings. The maximum atomic E-state index is 6.09. The average molecular weight is 203 g/mol. The van der Waals surface area contributed by atoms with Crippen LogP contribution in [0.3, 0.4) is 0 Å². The van der Waals surface area contributed by atoms with Gasteiger partial charge < -0.3 is 5.73 Å². The minimum absolute atomic E-state index is 0.0114. The van der Waals surface area contributed by atoms with E-state index in [0.29, 0.717) is 0 Å². The molecule has 15 heavy (non-hydrogen) atoms. The van der Waals surface area contributed by atoms with Crippen LogP contribution in [0.2, 0.25) is 0 Å². The summed E-state index contributed by atoms with van der Waals surface area (Å²) in [5, 5.41) is 0. The molecule has 0 saturated heterocycles. The summed E-state index contributed by atoms with van der Waals surface area (Å²) < 4.78 is 1.95. The molecule has 0 spiro atoms. The molecule has 0 unspecified atom stereocenters. The number of aromatic nitrogens is 2. The maximum Gasteiger partial charge on any atom is 0.141 e. The minimum atomic E-state index is -0.0114. The zero-order valence-corrected chi connectivity index (χ0v) is 9.70. The first-order valence-corrected chi connectivity index (χ1v) is 5.15. The molecular weight excluding hydrogens is 186 g/mol. The largest absolute Gasteiger partial charge is 0.383 e. The first kappa shape index (κ1) is 10.0. The number of rotatable bonds is 0. The fraction of sp³-hybridized carbons (Fsp3) is 0.417. The molecule has 2 aromatic rings. The Hall–Kier alpha value is -1.51. The van der Waals surface area contributed by atoms with Crippen LogP contribution in [0.25, 0.3) is 5.65 Å². The molecule has 2 heterocycles. The van der Waals surface area contributed by atoms with Crippen molar-refractivity contribution in [2.24, 2.45) is 0 Å². The molecule has 0 atom stereocenters. The molecule has 0 aromatic carbocycles. The van der Waals surface area contributed by atoms with E-state index in [0.717, 1.165) is 22.7 Å². The van der Waals surface area contributed by atoms with E-state index < -0.39 is 0 Å². The smallest absolute Gasteiger partial charge is 0.141 e. The Kier molecular flexibility index (Phi) is 2.00. The Bertz CT molecular complexity index is 503. The molecule has 80 valence electrons. The van der Waals surface area contributed by atoms with Crippen LogP contribution in [-0.2, 0) is 5.41 Å². The Labute approximate surface area is 89.9 Å². The number of aryl methyl sites for hydroxylation is 1. The van der Waals surface area contributed by atoms with Crippen LogP contribution >= 0.6 is 0 Å². The maximum absolute atomic E-state index is 6.09. The van der Waals surface area contributed by atoms with Gasteiger partial charge in [-0.3, -0.25) is 4.40 Å².